The molecular weight excluding hydrogens is 516 g/mol. The van der Waals surface area contributed by atoms with Gasteiger partial charge in [0, 0.05) is 0 Å². The van der Waals surface area contributed by atoms with Crippen LogP contribution >= 0.6 is 11.3 Å². The number of hydrogen-bond acceptors (Lipinski definition) is 8. The van der Waals surface area contributed by atoms with Gasteiger partial charge in [0.25, 0.3) is 5.56 Å². The van der Waals surface area contributed by atoms with E-state index < -0.39 is 12.0 Å². The Morgan fingerprint density at radius 1 is 1.05 bits per heavy atom. The number of aromatic nitrogens is 1. The quantitative estimate of drug-likeness (QED) is 0.260. The summed E-state index contributed by atoms with van der Waals surface area (Å²) in [5, 5.41) is 0. The molecule has 2 aromatic carbocycles. The Morgan fingerprint density at radius 2 is 1.82 bits per heavy atom. The lowest BCUT2D eigenvalue weighted by molar-refractivity contribution is -0.139. The summed E-state index contributed by atoms with van der Waals surface area (Å²) < 4.78 is 24.4. The van der Waals surface area contributed by atoms with E-state index in [9.17, 15) is 9.59 Å². The van der Waals surface area contributed by atoms with E-state index >= 15 is 0 Å². The van der Waals surface area contributed by atoms with Crippen LogP contribution in [0.15, 0.2) is 63.5 Å². The van der Waals surface area contributed by atoms with Gasteiger partial charge in [0.2, 0.25) is 0 Å². The number of ether oxygens (including phenoxy) is 4. The van der Waals surface area contributed by atoms with Crippen molar-refractivity contribution in [1.82, 2.24) is 4.57 Å². The van der Waals surface area contributed by atoms with E-state index in [0.29, 0.717) is 51.1 Å². The monoisotopic (exact) mass is 550 g/mol. The van der Waals surface area contributed by atoms with Crippen molar-refractivity contribution < 1.29 is 23.7 Å². The number of rotatable bonds is 11. The lowest BCUT2D eigenvalue weighted by Crippen LogP contribution is -2.39. The number of carbonyl (C=O) groups excluding carboxylic acids is 1. The Morgan fingerprint density at radius 3 is 2.49 bits per heavy atom. The number of benzene rings is 2. The molecule has 1 aliphatic rings. The summed E-state index contributed by atoms with van der Waals surface area (Å²) in [6.45, 7) is 8.92. The minimum Gasteiger partial charge on any atom is -0.494 e. The molecule has 0 saturated heterocycles. The van der Waals surface area contributed by atoms with Gasteiger partial charge in [-0.05, 0) is 68.7 Å². The van der Waals surface area contributed by atoms with Gasteiger partial charge in [-0.3, -0.25) is 9.36 Å². The van der Waals surface area contributed by atoms with Gasteiger partial charge in [0.1, 0.15) is 5.75 Å². The molecule has 39 heavy (non-hydrogen) atoms. The van der Waals surface area contributed by atoms with Crippen LogP contribution in [-0.4, -0.2) is 37.5 Å². The fraction of sp³-hybridized carbons (Fsp3) is 0.367. The van der Waals surface area contributed by atoms with E-state index in [0.717, 1.165) is 24.0 Å². The van der Waals surface area contributed by atoms with Crippen molar-refractivity contribution in [1.29, 1.82) is 0 Å². The van der Waals surface area contributed by atoms with Crippen molar-refractivity contribution in [3.8, 4) is 17.2 Å². The third-order valence-electron chi connectivity index (χ3n) is 6.26. The van der Waals surface area contributed by atoms with E-state index in [1.54, 1.807) is 31.6 Å². The maximum absolute atomic E-state index is 13.8. The number of esters is 1. The second-order valence-corrected chi connectivity index (χ2v) is 9.93. The molecule has 0 spiro atoms. The fourth-order valence-electron chi connectivity index (χ4n) is 4.39. The highest BCUT2D eigenvalue weighted by Crippen LogP contribution is 2.32. The summed E-state index contributed by atoms with van der Waals surface area (Å²) in [5.74, 6) is 1.48. The molecule has 2 heterocycles. The molecule has 9 heteroatoms. The van der Waals surface area contributed by atoms with E-state index in [1.807, 2.05) is 49.4 Å². The van der Waals surface area contributed by atoms with Crippen molar-refractivity contribution in [2.45, 2.75) is 46.6 Å². The predicted molar refractivity (Wildman–Crippen MR) is 151 cm³/mol. The molecule has 4 rings (SSSR count). The van der Waals surface area contributed by atoms with Crippen LogP contribution in [0.2, 0.25) is 0 Å². The van der Waals surface area contributed by atoms with Crippen molar-refractivity contribution in [3.63, 3.8) is 0 Å². The second-order valence-electron chi connectivity index (χ2n) is 8.92. The molecule has 1 atom stereocenters. The molecule has 0 bridgehead atoms. The van der Waals surface area contributed by atoms with Gasteiger partial charge >= 0.3 is 5.97 Å². The van der Waals surface area contributed by atoms with Crippen LogP contribution in [0.25, 0.3) is 6.08 Å². The highest BCUT2D eigenvalue weighted by atomic mass is 32.1. The maximum Gasteiger partial charge on any atom is 0.338 e. The van der Waals surface area contributed by atoms with Gasteiger partial charge in [-0.2, -0.15) is 0 Å². The van der Waals surface area contributed by atoms with Crippen molar-refractivity contribution in [2.75, 3.05) is 26.9 Å². The summed E-state index contributed by atoms with van der Waals surface area (Å²) in [6, 6.07) is 12.3. The first kappa shape index (κ1) is 28.2. The Bertz CT molecular complexity index is 1530. The number of thiazole rings is 1. The second kappa shape index (κ2) is 12.8. The molecule has 0 radical (unpaired) electrons. The SMILES string of the molecule is CCCCOc1ccc(/C=c2/sc3n(c2=O)[C@H](c2ccc(OCC)cc2)C(C(=O)OCC)=C(C)N=3)cc1OC. The minimum absolute atomic E-state index is 0.218. The molecule has 1 aromatic heterocycles. The molecule has 0 unspecified atom stereocenters. The van der Waals surface area contributed by atoms with Crippen LogP contribution in [0.3, 0.4) is 0 Å². The number of nitrogens with zero attached hydrogens (tertiary/aromatic N) is 2. The summed E-state index contributed by atoms with van der Waals surface area (Å²) in [7, 11) is 1.59. The molecule has 206 valence electrons. The molecule has 1 aliphatic heterocycles. The van der Waals surface area contributed by atoms with E-state index in [4.69, 9.17) is 18.9 Å². The largest absolute Gasteiger partial charge is 0.494 e. The molecule has 0 saturated carbocycles. The highest BCUT2D eigenvalue weighted by Gasteiger charge is 2.33. The number of allylic oxidation sites excluding steroid dienone is 1. The van der Waals surface area contributed by atoms with Gasteiger partial charge in [-0.1, -0.05) is 42.9 Å². The number of fused-ring (bicyclic) bond motifs is 1. The summed E-state index contributed by atoms with van der Waals surface area (Å²) >= 11 is 1.28. The van der Waals surface area contributed by atoms with Crippen LogP contribution in [-0.2, 0) is 9.53 Å². The minimum atomic E-state index is -0.679. The normalized spacial score (nSPS) is 15.0. The van der Waals surface area contributed by atoms with Gasteiger partial charge in [0.05, 0.1) is 48.8 Å². The topological polar surface area (TPSA) is 88.4 Å². The molecule has 0 aliphatic carbocycles. The Balaban J connectivity index is 1.81. The summed E-state index contributed by atoms with van der Waals surface area (Å²) in [5.41, 5.74) is 2.18. The Hall–Kier alpha value is -3.85. The lowest BCUT2D eigenvalue weighted by Gasteiger charge is -2.24. The number of methoxy groups -OCH3 is 1. The van der Waals surface area contributed by atoms with E-state index in [1.165, 1.54) is 11.3 Å². The first-order valence-corrected chi connectivity index (χ1v) is 14.0. The molecule has 3 aromatic rings. The maximum atomic E-state index is 13.8. The number of carbonyl (C=O) groups is 1. The molecule has 0 N–H and O–H groups in total. The smallest absolute Gasteiger partial charge is 0.338 e. The van der Waals surface area contributed by atoms with Crippen molar-refractivity contribution in [2.24, 2.45) is 4.99 Å². The van der Waals surface area contributed by atoms with Crippen LogP contribution in [0.4, 0.5) is 0 Å². The molecular formula is C30H34N2O6S. The first-order valence-electron chi connectivity index (χ1n) is 13.1. The van der Waals surface area contributed by atoms with Crippen LogP contribution in [0.1, 0.15) is 57.7 Å². The lowest BCUT2D eigenvalue weighted by atomic mass is 9.96. The van der Waals surface area contributed by atoms with E-state index in [-0.39, 0.29) is 12.2 Å². The van der Waals surface area contributed by atoms with Gasteiger partial charge in [-0.25, -0.2) is 9.79 Å². The Labute approximate surface area is 231 Å². The van der Waals surface area contributed by atoms with Gasteiger partial charge < -0.3 is 18.9 Å². The third kappa shape index (κ3) is 6.09. The summed E-state index contributed by atoms with van der Waals surface area (Å²) in [4.78, 5) is 32.0. The first-order chi connectivity index (χ1) is 18.9. The average Bonchev–Trinajstić information content (AvgIpc) is 3.23. The van der Waals surface area contributed by atoms with Gasteiger partial charge in [-0.15, -0.1) is 0 Å². The van der Waals surface area contributed by atoms with Crippen molar-refractivity contribution in [3.05, 3.63) is 84.5 Å². The van der Waals surface area contributed by atoms with Crippen molar-refractivity contribution >= 4 is 23.4 Å². The van der Waals surface area contributed by atoms with Crippen LogP contribution in [0.5, 0.6) is 17.2 Å². The van der Waals surface area contributed by atoms with Crippen LogP contribution in [0, 0.1) is 0 Å². The molecule has 0 fully saturated rings. The standard InChI is InChI=1S/C30H34N2O6S/c1-6-9-16-38-23-15-10-20(17-24(23)35-5)18-25-28(33)32-27(21-11-13-22(14-12-21)36-7-2)26(29(34)37-8-3)19(4)31-30(32)39-25/h10-15,17-18,27H,6-9,16H2,1-5H3/b25-18+/t27-/m1/s1. The zero-order valence-electron chi connectivity index (χ0n) is 23.0. The third-order valence-corrected chi connectivity index (χ3v) is 7.25. The number of unbranched alkanes of at least 4 members (excludes halogenated alkanes) is 1. The van der Waals surface area contributed by atoms with Gasteiger partial charge in [0.15, 0.2) is 16.3 Å². The van der Waals surface area contributed by atoms with Crippen LogP contribution < -0.4 is 29.1 Å². The zero-order valence-corrected chi connectivity index (χ0v) is 23.8. The number of hydrogen-bond donors (Lipinski definition) is 0. The Kier molecular flexibility index (Phi) is 9.24. The summed E-state index contributed by atoms with van der Waals surface area (Å²) in [6.07, 6.45) is 3.80. The molecule has 8 nitrogen and oxygen atoms in total. The zero-order chi connectivity index (χ0) is 27.9. The molecule has 0 amide bonds. The predicted octanol–water partition coefficient (Wildman–Crippen LogP) is 4.38. The van der Waals surface area contributed by atoms with E-state index in [2.05, 4.69) is 11.9 Å². The average molecular weight is 551 g/mol. The fourth-order valence-corrected chi connectivity index (χ4v) is 5.44. The highest BCUT2D eigenvalue weighted by molar-refractivity contribution is 7.07.